The minimum Gasteiger partial charge on any atom is -0.315 e. The Morgan fingerprint density at radius 1 is 0.955 bits per heavy atom. The molecule has 1 N–H and O–H groups in total. The maximum Gasteiger partial charge on any atom is 0.0613 e. The van der Waals surface area contributed by atoms with Crippen molar-refractivity contribution in [3.05, 3.63) is 68.6 Å². The molecular weight excluding hydrogens is 404 g/mol. The summed E-state index contributed by atoms with van der Waals surface area (Å²) in [6.45, 7) is 4.34. The summed E-state index contributed by atoms with van der Waals surface area (Å²) in [4.78, 5) is 2.59. The summed E-state index contributed by atoms with van der Waals surface area (Å²) in [5.74, 6) is 0. The molecule has 2 nitrogen and oxygen atoms in total. The molecule has 1 heterocycles. The van der Waals surface area contributed by atoms with E-state index in [1.165, 1.54) is 22.0 Å². The van der Waals surface area contributed by atoms with Gasteiger partial charge in [0.15, 0.2) is 0 Å². The summed E-state index contributed by atoms with van der Waals surface area (Å²) in [6, 6.07) is 17.5. The molecule has 3 rings (SSSR count). The van der Waals surface area contributed by atoms with Crippen molar-refractivity contribution < 1.29 is 0 Å². The van der Waals surface area contributed by atoms with E-state index in [9.17, 15) is 0 Å². The molecule has 0 radical (unpaired) electrons. The van der Waals surface area contributed by atoms with Crippen molar-refractivity contribution in [3.63, 3.8) is 0 Å². The summed E-state index contributed by atoms with van der Waals surface area (Å²) in [5, 5.41) is 3.50. The van der Waals surface area contributed by atoms with Gasteiger partial charge in [-0.1, -0.05) is 62.2 Å². The fourth-order valence-corrected chi connectivity index (χ4v) is 4.00. The Labute approximate surface area is 149 Å². The van der Waals surface area contributed by atoms with Gasteiger partial charge in [0.1, 0.15) is 0 Å². The zero-order valence-corrected chi connectivity index (χ0v) is 15.6. The van der Waals surface area contributed by atoms with Gasteiger partial charge in [0.2, 0.25) is 0 Å². The second-order valence-corrected chi connectivity index (χ2v) is 7.39. The van der Waals surface area contributed by atoms with E-state index in [0.717, 1.165) is 30.7 Å². The van der Waals surface area contributed by atoms with Crippen molar-refractivity contribution in [1.29, 1.82) is 0 Å². The fourth-order valence-electron chi connectivity index (χ4n) is 3.09. The first-order valence-corrected chi connectivity index (χ1v) is 9.29. The summed E-state index contributed by atoms with van der Waals surface area (Å²) in [7, 11) is 0. The van der Waals surface area contributed by atoms with Crippen LogP contribution in [0.2, 0.25) is 0 Å². The summed E-state index contributed by atoms with van der Waals surface area (Å²) in [5.41, 5.74) is 2.67. The third kappa shape index (κ3) is 3.80. The number of hydrogen-bond donors (Lipinski definition) is 1. The van der Waals surface area contributed by atoms with Crippen molar-refractivity contribution in [2.45, 2.75) is 12.5 Å². The van der Waals surface area contributed by atoms with Gasteiger partial charge in [0.25, 0.3) is 0 Å². The average Bonchev–Trinajstić information content (AvgIpc) is 2.79. The molecule has 0 bridgehead atoms. The maximum atomic E-state index is 3.74. The lowest BCUT2D eigenvalue weighted by Crippen LogP contribution is -2.33. The van der Waals surface area contributed by atoms with Crippen molar-refractivity contribution in [3.8, 4) is 0 Å². The Bertz CT molecular complexity index is 622. The van der Waals surface area contributed by atoms with E-state index in [2.05, 4.69) is 90.6 Å². The second-order valence-electron chi connectivity index (χ2n) is 5.62. The van der Waals surface area contributed by atoms with Crippen LogP contribution in [-0.2, 0) is 0 Å². The van der Waals surface area contributed by atoms with E-state index in [0.29, 0.717) is 0 Å². The molecule has 4 heteroatoms. The fraction of sp³-hybridized carbons (Fsp3) is 0.333. The van der Waals surface area contributed by atoms with Gasteiger partial charge in [-0.15, -0.1) is 0 Å². The number of nitrogens with one attached hydrogen (secondary N) is 1. The van der Waals surface area contributed by atoms with Crippen LogP contribution in [0.4, 0.5) is 0 Å². The van der Waals surface area contributed by atoms with Crippen LogP contribution in [0.5, 0.6) is 0 Å². The highest BCUT2D eigenvalue weighted by molar-refractivity contribution is 9.10. The molecule has 1 unspecified atom stereocenters. The van der Waals surface area contributed by atoms with Crippen molar-refractivity contribution >= 4 is 31.9 Å². The van der Waals surface area contributed by atoms with Gasteiger partial charge < -0.3 is 5.32 Å². The van der Waals surface area contributed by atoms with E-state index in [-0.39, 0.29) is 6.04 Å². The van der Waals surface area contributed by atoms with Crippen LogP contribution in [0, 0.1) is 0 Å². The number of benzene rings is 2. The number of nitrogens with zero attached hydrogens (tertiary/aromatic N) is 1. The molecule has 22 heavy (non-hydrogen) atoms. The van der Waals surface area contributed by atoms with Gasteiger partial charge in [-0.25, -0.2) is 0 Å². The highest BCUT2D eigenvalue weighted by Gasteiger charge is 2.24. The minimum absolute atomic E-state index is 0.285. The Morgan fingerprint density at radius 2 is 1.82 bits per heavy atom. The van der Waals surface area contributed by atoms with Gasteiger partial charge in [0.05, 0.1) is 6.04 Å². The van der Waals surface area contributed by atoms with Crippen LogP contribution in [0.15, 0.2) is 57.5 Å². The smallest absolute Gasteiger partial charge is 0.0613 e. The van der Waals surface area contributed by atoms with Crippen LogP contribution in [0.3, 0.4) is 0 Å². The lowest BCUT2D eigenvalue weighted by atomic mass is 9.97. The zero-order chi connectivity index (χ0) is 15.4. The van der Waals surface area contributed by atoms with Crippen molar-refractivity contribution in [2.24, 2.45) is 0 Å². The first-order chi connectivity index (χ1) is 10.8. The van der Waals surface area contributed by atoms with Crippen molar-refractivity contribution in [2.75, 3.05) is 26.2 Å². The van der Waals surface area contributed by atoms with E-state index in [1.807, 2.05) is 0 Å². The third-order valence-electron chi connectivity index (χ3n) is 4.10. The lowest BCUT2D eigenvalue weighted by Gasteiger charge is -2.32. The molecule has 0 saturated carbocycles. The summed E-state index contributed by atoms with van der Waals surface area (Å²) in [6.07, 6.45) is 1.19. The van der Waals surface area contributed by atoms with Crippen LogP contribution in [0.25, 0.3) is 0 Å². The van der Waals surface area contributed by atoms with Crippen LogP contribution in [0.1, 0.15) is 23.6 Å². The molecule has 1 fully saturated rings. The SMILES string of the molecule is Brc1cccc(C(c2ccccc2Br)N2CCCNCC2)c1. The molecule has 2 aromatic carbocycles. The lowest BCUT2D eigenvalue weighted by molar-refractivity contribution is 0.240. The Kier molecular flexibility index (Phi) is 5.69. The molecule has 2 aromatic rings. The Hall–Kier alpha value is -0.680. The van der Waals surface area contributed by atoms with Crippen LogP contribution in [-0.4, -0.2) is 31.1 Å². The summed E-state index contributed by atoms with van der Waals surface area (Å²) < 4.78 is 2.31. The molecule has 116 valence electrons. The Balaban J connectivity index is 2.03. The van der Waals surface area contributed by atoms with E-state index in [1.54, 1.807) is 0 Å². The quantitative estimate of drug-likeness (QED) is 0.776. The average molecular weight is 424 g/mol. The zero-order valence-electron chi connectivity index (χ0n) is 12.4. The first-order valence-electron chi connectivity index (χ1n) is 7.70. The van der Waals surface area contributed by atoms with E-state index in [4.69, 9.17) is 0 Å². The first kappa shape index (κ1) is 16.2. The predicted octanol–water partition coefficient (Wildman–Crippen LogP) is 4.60. The molecule has 0 amide bonds. The maximum absolute atomic E-state index is 3.74. The Morgan fingerprint density at radius 3 is 2.64 bits per heavy atom. The predicted molar refractivity (Wildman–Crippen MR) is 99.2 cm³/mol. The monoisotopic (exact) mass is 422 g/mol. The highest BCUT2D eigenvalue weighted by atomic mass is 79.9. The number of halogens is 2. The van der Waals surface area contributed by atoms with E-state index >= 15 is 0 Å². The largest absolute Gasteiger partial charge is 0.315 e. The van der Waals surface area contributed by atoms with Gasteiger partial charge in [-0.3, -0.25) is 4.90 Å². The minimum atomic E-state index is 0.285. The summed E-state index contributed by atoms with van der Waals surface area (Å²) >= 11 is 7.36. The topological polar surface area (TPSA) is 15.3 Å². The molecular formula is C18H20Br2N2. The van der Waals surface area contributed by atoms with Gasteiger partial charge >= 0.3 is 0 Å². The number of hydrogen-bond acceptors (Lipinski definition) is 2. The van der Waals surface area contributed by atoms with Gasteiger partial charge in [0, 0.05) is 28.6 Å². The van der Waals surface area contributed by atoms with Crippen LogP contribution < -0.4 is 5.32 Å². The second kappa shape index (κ2) is 7.73. The molecule has 0 aromatic heterocycles. The van der Waals surface area contributed by atoms with Crippen molar-refractivity contribution in [1.82, 2.24) is 10.2 Å². The standard InChI is InChI=1S/C18H20Br2N2/c19-15-6-3-5-14(13-15)18(16-7-1-2-8-17(16)20)22-11-4-9-21-10-12-22/h1-3,5-8,13,18,21H,4,9-12H2. The van der Waals surface area contributed by atoms with Gasteiger partial charge in [-0.05, 0) is 42.3 Å². The molecule has 1 aliphatic rings. The van der Waals surface area contributed by atoms with E-state index < -0.39 is 0 Å². The molecule has 0 spiro atoms. The molecule has 0 aliphatic carbocycles. The third-order valence-corrected chi connectivity index (χ3v) is 5.32. The van der Waals surface area contributed by atoms with Crippen LogP contribution >= 0.6 is 31.9 Å². The highest BCUT2D eigenvalue weighted by Crippen LogP contribution is 2.34. The normalized spacial score (nSPS) is 17.9. The number of rotatable bonds is 3. The molecule has 1 saturated heterocycles. The molecule has 1 atom stereocenters. The molecule has 1 aliphatic heterocycles. The van der Waals surface area contributed by atoms with Gasteiger partial charge in [-0.2, -0.15) is 0 Å².